The third-order valence-corrected chi connectivity index (χ3v) is 9.19. The van der Waals surface area contributed by atoms with Gasteiger partial charge in [-0.15, -0.1) is 10.2 Å². The fourth-order valence-corrected chi connectivity index (χ4v) is 6.78. The van der Waals surface area contributed by atoms with Gasteiger partial charge >= 0.3 is 0 Å². The van der Waals surface area contributed by atoms with Gasteiger partial charge in [-0.1, -0.05) is 124 Å². The van der Waals surface area contributed by atoms with E-state index in [0.29, 0.717) is 5.75 Å². The molecule has 1 N–H and O–H groups in total. The zero-order valence-electron chi connectivity index (χ0n) is 25.0. The highest BCUT2D eigenvalue weighted by atomic mass is 33.1. The molecule has 0 aliphatic heterocycles. The lowest BCUT2D eigenvalue weighted by Gasteiger charge is -2.28. The highest BCUT2D eigenvalue weighted by Gasteiger charge is 2.28. The van der Waals surface area contributed by atoms with Gasteiger partial charge in [0.25, 0.3) is 0 Å². The maximum absolute atomic E-state index is 11.1. The first-order chi connectivity index (χ1) is 17.5. The van der Waals surface area contributed by atoms with Gasteiger partial charge in [-0.05, 0) is 46.6 Å². The molecule has 37 heavy (non-hydrogen) atoms. The first kappa shape index (κ1) is 32.1. The minimum Gasteiger partial charge on any atom is -0.507 e. The van der Waals surface area contributed by atoms with Crippen LogP contribution in [0.4, 0.5) is 0 Å². The number of hydrogen-bond acceptors (Lipinski definition) is 5. The number of aromatic hydroxyl groups is 1. The lowest BCUT2D eigenvalue weighted by molar-refractivity contribution is 0.423. The van der Waals surface area contributed by atoms with Gasteiger partial charge in [0.2, 0.25) is 5.16 Å². The molecule has 1 aromatic carbocycles. The average molecular weight is 548 g/mol. The smallest absolute Gasteiger partial charge is 0.202 e. The number of aromatic nitrogens is 3. The van der Waals surface area contributed by atoms with Crippen LogP contribution in [-0.2, 0) is 17.4 Å². The monoisotopic (exact) mass is 547 g/mol. The molecular formula is C31H53N3OS2. The topological polar surface area (TPSA) is 50.9 Å². The maximum atomic E-state index is 11.1. The number of phenolic OH excluding ortho intramolecular Hbond substituents is 1. The Balaban J connectivity index is 2.02. The Morgan fingerprint density at radius 1 is 0.730 bits per heavy atom. The van der Waals surface area contributed by atoms with Gasteiger partial charge in [0.1, 0.15) is 5.75 Å². The Labute approximate surface area is 235 Å². The number of nitrogens with zero attached hydrogens (tertiary/aromatic N) is 3. The lowest BCUT2D eigenvalue weighted by Crippen LogP contribution is -2.17. The fraction of sp³-hybridized carbons (Fsp3) is 0.742. The van der Waals surface area contributed by atoms with Gasteiger partial charge in [-0.3, -0.25) is 0 Å². The van der Waals surface area contributed by atoms with Crippen LogP contribution >= 0.6 is 21.6 Å². The second-order valence-corrected chi connectivity index (χ2v) is 14.8. The molecule has 6 heteroatoms. The van der Waals surface area contributed by atoms with E-state index in [1.807, 2.05) is 10.8 Å². The molecule has 2 rings (SSSR count). The zero-order chi connectivity index (χ0) is 27.5. The Kier molecular flexibility index (Phi) is 13.4. The SMILES string of the molecule is CCCCCCCCCCCCSSc1nnc(-c2cc(C(C)(C)C)c(O)c(C(C)(C)C)c2)n1CCC. The molecule has 2 aromatic rings. The van der Waals surface area contributed by atoms with E-state index < -0.39 is 0 Å². The van der Waals surface area contributed by atoms with Crippen molar-refractivity contribution >= 4 is 21.6 Å². The van der Waals surface area contributed by atoms with Gasteiger partial charge in [-0.25, -0.2) is 0 Å². The second kappa shape index (κ2) is 15.5. The molecular weight excluding hydrogens is 494 g/mol. The van der Waals surface area contributed by atoms with Gasteiger partial charge in [0.05, 0.1) is 0 Å². The van der Waals surface area contributed by atoms with Crippen molar-refractivity contribution < 1.29 is 5.11 Å². The standard InChI is InChI=1S/C31H53N3OS2/c1-9-11-12-13-14-15-16-17-18-19-21-36-37-29-33-32-28(34(29)20-10-2)24-22-25(30(3,4)5)27(35)26(23-24)31(6,7)8/h22-23,35H,9-21H2,1-8H3. The van der Waals surface area contributed by atoms with Crippen molar-refractivity contribution in [2.45, 2.75) is 149 Å². The normalized spacial score (nSPS) is 12.4. The van der Waals surface area contributed by atoms with Crippen LogP contribution in [0.15, 0.2) is 17.3 Å². The molecule has 210 valence electrons. The second-order valence-electron chi connectivity index (χ2n) is 12.5. The van der Waals surface area contributed by atoms with E-state index in [9.17, 15) is 5.11 Å². The van der Waals surface area contributed by atoms with Gasteiger partial charge in [0, 0.05) is 29.0 Å². The van der Waals surface area contributed by atoms with Crippen molar-refractivity contribution in [1.82, 2.24) is 14.8 Å². The molecule has 0 unspecified atom stereocenters. The van der Waals surface area contributed by atoms with Crippen LogP contribution in [0.2, 0.25) is 0 Å². The largest absolute Gasteiger partial charge is 0.507 e. The molecule has 0 bridgehead atoms. The number of hydrogen-bond donors (Lipinski definition) is 1. The van der Waals surface area contributed by atoms with Gasteiger partial charge in [-0.2, -0.15) is 0 Å². The molecule has 1 aromatic heterocycles. The van der Waals surface area contributed by atoms with Crippen molar-refractivity contribution in [1.29, 1.82) is 0 Å². The number of unbranched alkanes of at least 4 members (excludes halogenated alkanes) is 9. The number of phenols is 1. The summed E-state index contributed by atoms with van der Waals surface area (Å²) < 4.78 is 2.27. The molecule has 0 aliphatic carbocycles. The first-order valence-corrected chi connectivity index (χ1v) is 16.9. The third-order valence-electron chi connectivity index (χ3n) is 6.86. The molecule has 0 atom stereocenters. The summed E-state index contributed by atoms with van der Waals surface area (Å²) >= 11 is 0. The summed E-state index contributed by atoms with van der Waals surface area (Å²) in [5.74, 6) is 2.46. The molecule has 1 heterocycles. The molecule has 0 amide bonds. The van der Waals surface area contributed by atoms with E-state index in [2.05, 4.69) is 82.3 Å². The molecule has 0 saturated carbocycles. The molecule has 0 aliphatic rings. The Morgan fingerprint density at radius 3 is 1.73 bits per heavy atom. The van der Waals surface area contributed by atoms with E-state index in [1.165, 1.54) is 64.2 Å². The third kappa shape index (κ3) is 10.2. The van der Waals surface area contributed by atoms with E-state index in [4.69, 9.17) is 0 Å². The average Bonchev–Trinajstić information content (AvgIpc) is 3.21. The number of rotatable bonds is 16. The van der Waals surface area contributed by atoms with Crippen LogP contribution < -0.4 is 0 Å². The maximum Gasteiger partial charge on any atom is 0.202 e. The van der Waals surface area contributed by atoms with Crippen LogP contribution in [0.25, 0.3) is 11.4 Å². The first-order valence-electron chi connectivity index (χ1n) is 14.6. The van der Waals surface area contributed by atoms with Gasteiger partial charge in [0.15, 0.2) is 5.82 Å². The van der Waals surface area contributed by atoms with Gasteiger partial charge < -0.3 is 9.67 Å². The highest BCUT2D eigenvalue weighted by Crippen LogP contribution is 2.42. The van der Waals surface area contributed by atoms with Crippen molar-refractivity contribution in [3.05, 3.63) is 23.3 Å². The van der Waals surface area contributed by atoms with E-state index in [1.54, 1.807) is 10.8 Å². The van der Waals surface area contributed by atoms with E-state index >= 15 is 0 Å². The van der Waals surface area contributed by atoms with Crippen LogP contribution in [-0.4, -0.2) is 25.6 Å². The number of benzene rings is 1. The predicted octanol–water partition coefficient (Wildman–Crippen LogP) is 10.3. The van der Waals surface area contributed by atoms with Crippen molar-refractivity contribution in [2.24, 2.45) is 0 Å². The summed E-state index contributed by atoms with van der Waals surface area (Å²) in [6.07, 6.45) is 14.7. The summed E-state index contributed by atoms with van der Waals surface area (Å²) in [5, 5.41) is 21.4. The van der Waals surface area contributed by atoms with Crippen LogP contribution in [0.5, 0.6) is 5.75 Å². The summed E-state index contributed by atoms with van der Waals surface area (Å²) in [6.45, 7) is 18.3. The van der Waals surface area contributed by atoms with Crippen molar-refractivity contribution in [3.8, 4) is 17.1 Å². The fourth-order valence-electron chi connectivity index (χ4n) is 4.64. The van der Waals surface area contributed by atoms with Crippen LogP contribution in [0.3, 0.4) is 0 Å². The molecule has 0 saturated heterocycles. The van der Waals surface area contributed by atoms with Crippen molar-refractivity contribution in [3.63, 3.8) is 0 Å². The summed E-state index contributed by atoms with van der Waals surface area (Å²) in [5.41, 5.74) is 2.63. The van der Waals surface area contributed by atoms with Crippen molar-refractivity contribution in [2.75, 3.05) is 5.75 Å². The predicted molar refractivity (Wildman–Crippen MR) is 165 cm³/mol. The Morgan fingerprint density at radius 2 is 1.24 bits per heavy atom. The van der Waals surface area contributed by atoms with Crippen LogP contribution in [0.1, 0.15) is 137 Å². The quantitative estimate of drug-likeness (QED) is 0.167. The Bertz CT molecular complexity index is 906. The lowest BCUT2D eigenvalue weighted by atomic mass is 9.78. The summed E-state index contributed by atoms with van der Waals surface area (Å²) in [4.78, 5) is 0. The molecule has 0 spiro atoms. The minimum atomic E-state index is -0.168. The Hall–Kier alpha value is -1.14. The highest BCUT2D eigenvalue weighted by molar-refractivity contribution is 8.76. The van der Waals surface area contributed by atoms with E-state index in [0.717, 1.165) is 46.4 Å². The molecule has 4 nitrogen and oxygen atoms in total. The summed E-state index contributed by atoms with van der Waals surface area (Å²) in [6, 6.07) is 4.23. The molecule has 0 fully saturated rings. The van der Waals surface area contributed by atoms with Crippen LogP contribution in [0, 0.1) is 0 Å². The van der Waals surface area contributed by atoms with E-state index in [-0.39, 0.29) is 10.8 Å². The zero-order valence-corrected chi connectivity index (χ0v) is 26.6. The minimum absolute atomic E-state index is 0.168. The molecule has 0 radical (unpaired) electrons. The summed E-state index contributed by atoms with van der Waals surface area (Å²) in [7, 11) is 3.66.